The first-order valence-electron chi connectivity index (χ1n) is 9.69. The van der Waals surface area contributed by atoms with E-state index in [-0.39, 0.29) is 35.6 Å². The topological polar surface area (TPSA) is 119 Å². The first-order valence-corrected chi connectivity index (χ1v) is 9.69. The summed E-state index contributed by atoms with van der Waals surface area (Å²) in [6.45, 7) is 5.46. The molecular formula is C23H22N4O4. The van der Waals surface area contributed by atoms with E-state index in [9.17, 15) is 19.2 Å². The highest BCUT2D eigenvalue weighted by Gasteiger charge is 2.42. The van der Waals surface area contributed by atoms with E-state index in [0.29, 0.717) is 11.3 Å². The van der Waals surface area contributed by atoms with Gasteiger partial charge < -0.3 is 10.6 Å². The normalized spacial score (nSPS) is 12.9. The average molecular weight is 418 g/mol. The van der Waals surface area contributed by atoms with Gasteiger partial charge >= 0.3 is 0 Å². The fraction of sp³-hybridized carbons (Fsp3) is 0.261. The summed E-state index contributed by atoms with van der Waals surface area (Å²) in [5, 5.41) is 14.0. The Hall–Kier alpha value is -3.99. The van der Waals surface area contributed by atoms with Gasteiger partial charge in [-0.3, -0.25) is 24.1 Å². The highest BCUT2D eigenvalue weighted by atomic mass is 16.2. The third-order valence-corrected chi connectivity index (χ3v) is 4.80. The lowest BCUT2D eigenvalue weighted by molar-refractivity contribution is -0.120. The number of benzene rings is 2. The zero-order valence-corrected chi connectivity index (χ0v) is 17.5. The number of hydrogen-bond donors (Lipinski definition) is 2. The van der Waals surface area contributed by atoms with E-state index >= 15 is 0 Å². The third-order valence-electron chi connectivity index (χ3n) is 4.80. The van der Waals surface area contributed by atoms with Crippen molar-refractivity contribution in [3.63, 3.8) is 0 Å². The highest BCUT2D eigenvalue weighted by molar-refractivity contribution is 6.22. The summed E-state index contributed by atoms with van der Waals surface area (Å²) in [7, 11) is 0. The molecule has 1 heterocycles. The fourth-order valence-corrected chi connectivity index (χ4v) is 3.31. The second kappa shape index (κ2) is 8.40. The van der Waals surface area contributed by atoms with Crippen LogP contribution in [0.1, 0.15) is 63.8 Å². The first-order chi connectivity index (χ1) is 14.6. The number of nitrogens with zero attached hydrogens (tertiary/aromatic N) is 2. The maximum absolute atomic E-state index is 12.8. The zero-order valence-electron chi connectivity index (χ0n) is 17.5. The number of carbonyl (C=O) groups is 4. The number of nitriles is 1. The van der Waals surface area contributed by atoms with Crippen molar-refractivity contribution in [2.45, 2.75) is 39.3 Å². The van der Waals surface area contributed by atoms with Crippen molar-refractivity contribution in [2.24, 2.45) is 0 Å². The molecule has 0 radical (unpaired) electrons. The molecule has 3 rings (SSSR count). The highest BCUT2D eigenvalue weighted by Crippen LogP contribution is 2.30. The van der Waals surface area contributed by atoms with E-state index < -0.39 is 23.3 Å². The minimum Gasteiger partial charge on any atom is -0.351 e. The molecule has 0 aromatic heterocycles. The molecule has 158 valence electrons. The summed E-state index contributed by atoms with van der Waals surface area (Å²) in [6, 6.07) is 13.1. The van der Waals surface area contributed by atoms with Crippen molar-refractivity contribution in [3.05, 3.63) is 64.7 Å². The predicted molar refractivity (Wildman–Crippen MR) is 113 cm³/mol. The quantitative estimate of drug-likeness (QED) is 0.724. The Labute approximate surface area is 179 Å². The number of para-hydroxylation sites is 1. The Morgan fingerprint density at radius 3 is 2.39 bits per heavy atom. The van der Waals surface area contributed by atoms with Crippen LogP contribution in [-0.2, 0) is 11.3 Å². The van der Waals surface area contributed by atoms with E-state index in [1.165, 1.54) is 23.1 Å². The van der Waals surface area contributed by atoms with Crippen LogP contribution < -0.4 is 10.6 Å². The molecule has 4 amide bonds. The van der Waals surface area contributed by atoms with Gasteiger partial charge in [-0.15, -0.1) is 0 Å². The van der Waals surface area contributed by atoms with Gasteiger partial charge in [-0.1, -0.05) is 18.2 Å². The minimum atomic E-state index is -0.676. The van der Waals surface area contributed by atoms with Crippen LogP contribution in [0.4, 0.5) is 5.69 Å². The summed E-state index contributed by atoms with van der Waals surface area (Å²) in [5.74, 6) is -1.66. The molecule has 8 nitrogen and oxygen atoms in total. The lowest BCUT2D eigenvalue weighted by Crippen LogP contribution is -2.45. The Balaban J connectivity index is 1.81. The maximum atomic E-state index is 12.8. The lowest BCUT2D eigenvalue weighted by Gasteiger charge is -2.29. The molecule has 0 fully saturated rings. The lowest BCUT2D eigenvalue weighted by atomic mass is 10.0. The van der Waals surface area contributed by atoms with Gasteiger partial charge in [0, 0.05) is 23.3 Å². The Morgan fingerprint density at radius 2 is 1.71 bits per heavy atom. The monoisotopic (exact) mass is 418 g/mol. The van der Waals surface area contributed by atoms with E-state index in [1.807, 2.05) is 0 Å². The van der Waals surface area contributed by atoms with E-state index in [1.54, 1.807) is 51.1 Å². The van der Waals surface area contributed by atoms with Crippen molar-refractivity contribution in [1.29, 1.82) is 5.26 Å². The summed E-state index contributed by atoms with van der Waals surface area (Å²) in [5.41, 5.74) is 1.18. The summed E-state index contributed by atoms with van der Waals surface area (Å²) in [4.78, 5) is 50.9. The van der Waals surface area contributed by atoms with Gasteiger partial charge in [-0.05, 0) is 50.6 Å². The van der Waals surface area contributed by atoms with Gasteiger partial charge in [0.1, 0.15) is 6.42 Å². The molecule has 8 heteroatoms. The third kappa shape index (κ3) is 4.46. The van der Waals surface area contributed by atoms with E-state index in [0.717, 1.165) is 0 Å². The Morgan fingerprint density at radius 1 is 1.03 bits per heavy atom. The van der Waals surface area contributed by atoms with Gasteiger partial charge in [0.2, 0.25) is 5.91 Å². The van der Waals surface area contributed by atoms with Crippen molar-refractivity contribution >= 4 is 29.3 Å². The fourth-order valence-electron chi connectivity index (χ4n) is 3.31. The van der Waals surface area contributed by atoms with Crippen LogP contribution in [0.25, 0.3) is 0 Å². The standard InChI is InChI=1S/C23H22N4O4/c1-23(2,3)27-21(30)16-9-8-14(12-17(16)22(27)31)20(29)26-18-7-5-4-6-15(18)13-25-19(28)10-11-24/h4-9,12H,10,13H2,1-3H3,(H,25,28)(H,26,29). The molecule has 0 unspecified atom stereocenters. The minimum absolute atomic E-state index is 0.148. The van der Waals surface area contributed by atoms with Crippen molar-refractivity contribution in [3.8, 4) is 6.07 Å². The molecular weight excluding hydrogens is 396 g/mol. The number of amides is 4. The molecule has 0 spiro atoms. The largest absolute Gasteiger partial charge is 0.351 e. The number of carbonyl (C=O) groups excluding carboxylic acids is 4. The molecule has 2 N–H and O–H groups in total. The first kappa shape index (κ1) is 21.7. The molecule has 1 aliphatic rings. The predicted octanol–water partition coefficient (Wildman–Crippen LogP) is 2.86. The van der Waals surface area contributed by atoms with Crippen LogP contribution >= 0.6 is 0 Å². The number of fused-ring (bicyclic) bond motifs is 1. The molecule has 0 saturated carbocycles. The van der Waals surface area contributed by atoms with Crippen molar-refractivity contribution < 1.29 is 19.2 Å². The summed E-state index contributed by atoms with van der Waals surface area (Å²) >= 11 is 0. The van der Waals surface area contributed by atoms with Crippen LogP contribution in [0.3, 0.4) is 0 Å². The number of hydrogen-bond acceptors (Lipinski definition) is 5. The summed E-state index contributed by atoms with van der Waals surface area (Å²) in [6.07, 6.45) is -0.248. The van der Waals surface area contributed by atoms with Gasteiger partial charge in [-0.2, -0.15) is 5.26 Å². The van der Waals surface area contributed by atoms with Gasteiger partial charge in [0.05, 0.1) is 17.2 Å². The number of imide groups is 1. The molecule has 2 aromatic carbocycles. The Kier molecular flexibility index (Phi) is 5.88. The van der Waals surface area contributed by atoms with Crippen molar-refractivity contribution in [2.75, 3.05) is 5.32 Å². The van der Waals surface area contributed by atoms with Crippen LogP contribution in [0, 0.1) is 11.3 Å². The molecule has 31 heavy (non-hydrogen) atoms. The van der Waals surface area contributed by atoms with Crippen LogP contribution in [0.2, 0.25) is 0 Å². The maximum Gasteiger partial charge on any atom is 0.262 e. The van der Waals surface area contributed by atoms with Gasteiger partial charge in [-0.25, -0.2) is 0 Å². The van der Waals surface area contributed by atoms with Crippen LogP contribution in [0.5, 0.6) is 0 Å². The average Bonchev–Trinajstić information content (AvgIpc) is 2.97. The van der Waals surface area contributed by atoms with Crippen molar-refractivity contribution in [1.82, 2.24) is 10.2 Å². The van der Waals surface area contributed by atoms with Gasteiger partial charge in [0.25, 0.3) is 17.7 Å². The molecule has 2 aromatic rings. The molecule has 0 aliphatic carbocycles. The molecule has 0 saturated heterocycles. The summed E-state index contributed by atoms with van der Waals surface area (Å²) < 4.78 is 0. The van der Waals surface area contributed by atoms with E-state index in [2.05, 4.69) is 10.6 Å². The number of anilines is 1. The Bertz CT molecular complexity index is 1130. The van der Waals surface area contributed by atoms with E-state index in [4.69, 9.17) is 5.26 Å². The molecule has 0 bridgehead atoms. The van der Waals surface area contributed by atoms with Crippen LogP contribution in [0.15, 0.2) is 42.5 Å². The SMILES string of the molecule is CC(C)(C)N1C(=O)c2ccc(C(=O)Nc3ccccc3CNC(=O)CC#N)cc2C1=O. The number of nitrogens with one attached hydrogen (secondary N) is 2. The number of rotatable bonds is 5. The molecule has 1 aliphatic heterocycles. The second-order valence-electron chi connectivity index (χ2n) is 8.10. The molecule has 0 atom stereocenters. The van der Waals surface area contributed by atoms with Crippen LogP contribution in [-0.4, -0.2) is 34.1 Å². The zero-order chi connectivity index (χ0) is 22.8. The smallest absolute Gasteiger partial charge is 0.262 e. The second-order valence-corrected chi connectivity index (χ2v) is 8.10. The van der Waals surface area contributed by atoms with Gasteiger partial charge in [0.15, 0.2) is 0 Å².